The molecule has 1 heterocycles. The molecular weight excluding hydrogens is 671 g/mol. The lowest BCUT2D eigenvalue weighted by molar-refractivity contribution is -0.276. The molecule has 10 heteroatoms. The van der Waals surface area contributed by atoms with E-state index in [2.05, 4.69) is 17.1 Å². The number of benzene rings is 4. The van der Waals surface area contributed by atoms with Crippen molar-refractivity contribution >= 4 is 40.7 Å². The predicted octanol–water partition coefficient (Wildman–Crippen LogP) is 7.68. The van der Waals surface area contributed by atoms with E-state index in [1.807, 2.05) is 117 Å². The lowest BCUT2D eigenvalue weighted by Crippen LogP contribution is -2.46. The fourth-order valence-corrected chi connectivity index (χ4v) is 6.16. The van der Waals surface area contributed by atoms with Crippen molar-refractivity contribution in [2.45, 2.75) is 61.4 Å². The zero-order chi connectivity index (χ0) is 34.4. The summed E-state index contributed by atoms with van der Waals surface area (Å²) in [6, 6.07) is 33.1. The Bertz CT molecular complexity index is 1650. The highest BCUT2D eigenvalue weighted by Crippen LogP contribution is 2.42. The Morgan fingerprint density at radius 2 is 1.54 bits per heavy atom. The maximum Gasteiger partial charge on any atom is 0.272 e. The first-order valence-corrected chi connectivity index (χ1v) is 17.1. The second kappa shape index (κ2) is 16.2. The molecule has 1 amide bonds. The zero-order valence-corrected chi connectivity index (χ0v) is 29.4. The van der Waals surface area contributed by atoms with E-state index in [-0.39, 0.29) is 37.3 Å². The minimum absolute atomic E-state index is 0.0208. The summed E-state index contributed by atoms with van der Waals surface area (Å²) >= 11 is 17.1. The number of likely N-dealkylation sites (N-methyl/N-ethyl adjacent to an activating group) is 1. The number of carbonyl (C=O) groups is 1. The number of alkyl halides is 3. The second-order valence-corrected chi connectivity index (χ2v) is 14.6. The molecule has 0 spiro atoms. The van der Waals surface area contributed by atoms with Gasteiger partial charge in [-0.15, -0.1) is 0 Å². The van der Waals surface area contributed by atoms with E-state index in [1.165, 1.54) is 0 Å². The first-order chi connectivity index (χ1) is 22.9. The fraction of sp³-hybridized carbons (Fsp3) is 0.342. The van der Waals surface area contributed by atoms with Crippen LogP contribution in [0.3, 0.4) is 0 Å². The van der Waals surface area contributed by atoms with Crippen LogP contribution in [-0.4, -0.2) is 50.6 Å². The van der Waals surface area contributed by atoms with Gasteiger partial charge in [0.05, 0.1) is 24.9 Å². The van der Waals surface area contributed by atoms with E-state index in [0.717, 1.165) is 38.9 Å². The van der Waals surface area contributed by atoms with Crippen LogP contribution in [0, 0.1) is 5.92 Å². The molecule has 0 aliphatic carbocycles. The average Bonchev–Trinajstić information content (AvgIpc) is 3.11. The summed E-state index contributed by atoms with van der Waals surface area (Å²) in [4.78, 5) is 14.2. The van der Waals surface area contributed by atoms with Crippen molar-refractivity contribution in [2.24, 2.45) is 5.92 Å². The Hall–Kier alpha value is -2.98. The van der Waals surface area contributed by atoms with Gasteiger partial charge in [0.1, 0.15) is 0 Å². The second-order valence-electron chi connectivity index (χ2n) is 12.4. The number of ether oxygens (including phenoxy) is 2. The number of aliphatic hydroxyl groups excluding tert-OH is 2. The molecule has 1 aliphatic heterocycles. The van der Waals surface area contributed by atoms with Crippen LogP contribution in [0.15, 0.2) is 103 Å². The van der Waals surface area contributed by atoms with Crippen molar-refractivity contribution in [1.29, 1.82) is 0 Å². The van der Waals surface area contributed by atoms with Crippen LogP contribution in [0.5, 0.6) is 0 Å². The van der Waals surface area contributed by atoms with E-state index in [0.29, 0.717) is 6.54 Å². The molecule has 4 aromatic rings. The van der Waals surface area contributed by atoms with E-state index >= 15 is 0 Å². The van der Waals surface area contributed by atoms with Crippen molar-refractivity contribution in [2.75, 3.05) is 13.6 Å². The maximum absolute atomic E-state index is 12.1. The summed E-state index contributed by atoms with van der Waals surface area (Å²) in [5.74, 6) is -0.710. The molecule has 3 N–H and O–H groups in total. The molecule has 1 fully saturated rings. The van der Waals surface area contributed by atoms with Crippen LogP contribution in [-0.2, 0) is 27.4 Å². The number of halogens is 3. The third-order valence-corrected chi connectivity index (χ3v) is 9.53. The van der Waals surface area contributed by atoms with Crippen molar-refractivity contribution in [1.82, 2.24) is 10.2 Å². The number of aliphatic hydroxyl groups is 2. The first-order valence-electron chi connectivity index (χ1n) is 15.9. The predicted molar refractivity (Wildman–Crippen MR) is 190 cm³/mol. The highest BCUT2D eigenvalue weighted by molar-refractivity contribution is 6.76. The van der Waals surface area contributed by atoms with E-state index < -0.39 is 22.1 Å². The highest BCUT2D eigenvalue weighted by atomic mass is 35.6. The van der Waals surface area contributed by atoms with Gasteiger partial charge in [0, 0.05) is 30.6 Å². The smallest absolute Gasteiger partial charge is 0.272 e. The standard InChI is InChI=1S/C38H41Cl3N2O5/c1-24-33(22-43(3)25(2)34(45)28-10-5-4-6-11-28)47-36(48-35(24)29-17-15-26(23-44)16-18-29)32-14-8-13-31(20-32)30-12-7-9-27(19-30)21-42-37(46)38(39,40)41/h4-20,24-25,33-36,44-45H,21-23H2,1-3H3,(H,42,46)/t24-,25-,33+,34-,35+,36+/m0/s1. The number of nitrogens with one attached hydrogen (secondary N) is 1. The summed E-state index contributed by atoms with van der Waals surface area (Å²) in [6.45, 7) is 4.89. The number of hydrogen-bond donors (Lipinski definition) is 3. The number of rotatable bonds is 11. The van der Waals surface area contributed by atoms with Gasteiger partial charge >= 0.3 is 0 Å². The lowest BCUT2D eigenvalue weighted by atomic mass is 9.89. The molecular formula is C38H41Cl3N2O5. The summed E-state index contributed by atoms with van der Waals surface area (Å²) in [5, 5.41) is 23.4. The minimum atomic E-state index is -2.03. The Labute approximate surface area is 297 Å². The van der Waals surface area contributed by atoms with E-state index in [4.69, 9.17) is 44.3 Å². The van der Waals surface area contributed by atoms with Crippen LogP contribution in [0.2, 0.25) is 0 Å². The molecule has 7 nitrogen and oxygen atoms in total. The highest BCUT2D eigenvalue weighted by Gasteiger charge is 2.39. The molecule has 0 unspecified atom stereocenters. The number of hydrogen-bond acceptors (Lipinski definition) is 6. The average molecular weight is 712 g/mol. The molecule has 1 aliphatic rings. The Kier molecular flexibility index (Phi) is 12.2. The van der Waals surface area contributed by atoms with Crippen LogP contribution in [0.1, 0.15) is 60.2 Å². The third-order valence-electron chi connectivity index (χ3n) is 9.01. The van der Waals surface area contributed by atoms with Gasteiger partial charge in [0.15, 0.2) is 6.29 Å². The number of amides is 1. The van der Waals surface area contributed by atoms with Crippen molar-refractivity contribution < 1.29 is 24.5 Å². The molecule has 4 aromatic carbocycles. The maximum atomic E-state index is 12.1. The Morgan fingerprint density at radius 3 is 2.21 bits per heavy atom. The third kappa shape index (κ3) is 8.97. The molecule has 0 saturated carbocycles. The van der Waals surface area contributed by atoms with Gasteiger partial charge < -0.3 is 25.0 Å². The molecule has 0 aromatic heterocycles. The first kappa shape index (κ1) is 36.3. The van der Waals surface area contributed by atoms with Crippen LogP contribution in [0.4, 0.5) is 0 Å². The van der Waals surface area contributed by atoms with Gasteiger partial charge in [-0.05, 0) is 59.5 Å². The van der Waals surface area contributed by atoms with Gasteiger partial charge in [-0.2, -0.15) is 0 Å². The van der Waals surface area contributed by atoms with Crippen molar-refractivity contribution in [3.05, 3.63) is 131 Å². The van der Waals surface area contributed by atoms with Gasteiger partial charge in [-0.3, -0.25) is 9.69 Å². The molecule has 0 bridgehead atoms. The Balaban J connectivity index is 1.39. The molecule has 48 heavy (non-hydrogen) atoms. The lowest BCUT2D eigenvalue weighted by Gasteiger charge is -2.43. The minimum Gasteiger partial charge on any atom is -0.392 e. The molecule has 1 saturated heterocycles. The van der Waals surface area contributed by atoms with Gasteiger partial charge in [0.2, 0.25) is 0 Å². The normalized spacial score (nSPS) is 21.1. The van der Waals surface area contributed by atoms with Crippen LogP contribution in [0.25, 0.3) is 11.1 Å². The van der Waals surface area contributed by atoms with Gasteiger partial charge in [-0.1, -0.05) is 133 Å². The summed E-state index contributed by atoms with van der Waals surface area (Å²) < 4.78 is 11.4. The SMILES string of the molecule is C[C@H]1[C@@H](CN(C)[C@@H](C)[C@H](O)c2ccccc2)O[C@@H](c2cccc(-c3cccc(CNC(=O)C(Cl)(Cl)Cl)c3)c2)O[C@H]1c1ccc(CO)cc1. The molecule has 254 valence electrons. The Morgan fingerprint density at radius 1 is 0.875 bits per heavy atom. The fourth-order valence-electron chi connectivity index (χ4n) is 5.96. The summed E-state index contributed by atoms with van der Waals surface area (Å²) in [6.07, 6.45) is -1.83. The van der Waals surface area contributed by atoms with Gasteiger partial charge in [-0.25, -0.2) is 0 Å². The zero-order valence-electron chi connectivity index (χ0n) is 27.1. The van der Waals surface area contributed by atoms with Crippen molar-refractivity contribution in [3.63, 3.8) is 0 Å². The van der Waals surface area contributed by atoms with E-state index in [1.54, 1.807) is 0 Å². The molecule has 6 atom stereocenters. The molecule has 5 rings (SSSR count). The topological polar surface area (TPSA) is 91.3 Å². The monoisotopic (exact) mass is 710 g/mol. The van der Waals surface area contributed by atoms with E-state index in [9.17, 15) is 15.0 Å². The summed E-state index contributed by atoms with van der Waals surface area (Å²) in [5.41, 5.74) is 6.29. The quantitative estimate of drug-likeness (QED) is 0.138. The number of carbonyl (C=O) groups excluding carboxylic acids is 1. The number of nitrogens with zero attached hydrogens (tertiary/aromatic N) is 1. The molecule has 0 radical (unpaired) electrons. The van der Waals surface area contributed by atoms with Crippen LogP contribution < -0.4 is 5.32 Å². The van der Waals surface area contributed by atoms with Gasteiger partial charge in [0.25, 0.3) is 9.70 Å². The summed E-state index contributed by atoms with van der Waals surface area (Å²) in [7, 11) is 2.01. The largest absolute Gasteiger partial charge is 0.392 e. The van der Waals surface area contributed by atoms with Crippen LogP contribution >= 0.6 is 34.8 Å². The van der Waals surface area contributed by atoms with Crippen molar-refractivity contribution in [3.8, 4) is 11.1 Å².